The molecule has 0 fully saturated rings. The minimum atomic E-state index is -3.75. The van der Waals surface area contributed by atoms with Crippen LogP contribution in [0.25, 0.3) is 0 Å². The third-order valence-corrected chi connectivity index (χ3v) is 3.38. The van der Waals surface area contributed by atoms with Crippen LogP contribution in [0.3, 0.4) is 0 Å². The molecular formula is C12H13NO6S. The van der Waals surface area contributed by atoms with Crippen molar-refractivity contribution in [3.8, 4) is 0 Å². The van der Waals surface area contributed by atoms with Gasteiger partial charge in [-0.2, -0.15) is 0 Å². The normalized spacial score (nSPS) is 10.9. The Kier molecular flexibility index (Phi) is 4.61. The van der Waals surface area contributed by atoms with Gasteiger partial charge in [-0.3, -0.25) is 10.1 Å². The third-order valence-electron chi connectivity index (χ3n) is 2.24. The van der Waals surface area contributed by atoms with Crippen molar-refractivity contribution in [2.45, 2.75) is 11.8 Å². The number of carbonyl (C=O) groups excluding carboxylic acids is 1. The van der Waals surface area contributed by atoms with E-state index in [2.05, 4.69) is 6.58 Å². The molecule has 0 saturated heterocycles. The highest BCUT2D eigenvalue weighted by atomic mass is 32.2. The summed E-state index contributed by atoms with van der Waals surface area (Å²) in [5, 5.41) is 10.9. The molecule has 1 aromatic rings. The molecule has 8 heteroatoms. The van der Waals surface area contributed by atoms with Gasteiger partial charge in [0.1, 0.15) is 11.5 Å². The van der Waals surface area contributed by atoms with Gasteiger partial charge in [-0.25, -0.2) is 13.2 Å². The Hall–Kier alpha value is -2.22. The number of rotatable bonds is 5. The number of nitrogens with zero attached hydrogens (tertiary/aromatic N) is 1. The van der Waals surface area contributed by atoms with Crippen LogP contribution in [0.2, 0.25) is 0 Å². The number of benzene rings is 1. The highest BCUT2D eigenvalue weighted by Crippen LogP contribution is 2.25. The highest BCUT2D eigenvalue weighted by Gasteiger charge is 2.24. The molecular weight excluding hydrogens is 286 g/mol. The van der Waals surface area contributed by atoms with E-state index in [0.29, 0.717) is 5.57 Å². The van der Waals surface area contributed by atoms with Crippen LogP contribution in [-0.4, -0.2) is 32.2 Å². The zero-order valence-electron chi connectivity index (χ0n) is 11.0. The first-order chi connectivity index (χ1) is 9.12. The van der Waals surface area contributed by atoms with Gasteiger partial charge in [0.05, 0.1) is 10.5 Å². The van der Waals surface area contributed by atoms with Crippen LogP contribution in [-0.2, 0) is 14.6 Å². The van der Waals surface area contributed by atoms with Crippen LogP contribution in [0.4, 0.5) is 5.69 Å². The Bertz CT molecular complexity index is 677. The highest BCUT2D eigenvalue weighted by molar-refractivity contribution is 7.90. The van der Waals surface area contributed by atoms with E-state index in [1.165, 1.54) is 6.07 Å². The van der Waals surface area contributed by atoms with Crippen LogP contribution in [0.15, 0.2) is 35.2 Å². The van der Waals surface area contributed by atoms with Gasteiger partial charge in [0.25, 0.3) is 5.69 Å². The summed E-state index contributed by atoms with van der Waals surface area (Å²) in [6.45, 7) is 5.19. The first kappa shape index (κ1) is 15.8. The topological polar surface area (TPSA) is 104 Å². The lowest BCUT2D eigenvalue weighted by molar-refractivity contribution is -0.387. The molecule has 0 heterocycles. The Morgan fingerprint density at radius 3 is 2.50 bits per heavy atom. The quantitative estimate of drug-likeness (QED) is 0.355. The molecule has 0 aliphatic rings. The Morgan fingerprint density at radius 2 is 2.05 bits per heavy atom. The van der Waals surface area contributed by atoms with Crippen LogP contribution >= 0.6 is 0 Å². The van der Waals surface area contributed by atoms with Gasteiger partial charge in [-0.15, -0.1) is 0 Å². The molecule has 0 radical (unpaired) electrons. The molecule has 0 bridgehead atoms. The van der Waals surface area contributed by atoms with Gasteiger partial charge in [0, 0.05) is 12.3 Å². The molecule has 0 aliphatic carbocycles. The molecule has 108 valence electrons. The van der Waals surface area contributed by atoms with Crippen molar-refractivity contribution in [3.05, 3.63) is 46.0 Å². The van der Waals surface area contributed by atoms with Gasteiger partial charge >= 0.3 is 5.97 Å². The lowest BCUT2D eigenvalue weighted by atomic mass is 10.2. The number of carbonyl (C=O) groups is 1. The number of sulfone groups is 1. The van der Waals surface area contributed by atoms with Gasteiger partial charge in [0.2, 0.25) is 0 Å². The van der Waals surface area contributed by atoms with Crippen LogP contribution in [0.1, 0.15) is 17.3 Å². The van der Waals surface area contributed by atoms with E-state index in [4.69, 9.17) is 4.74 Å². The summed E-state index contributed by atoms with van der Waals surface area (Å²) in [4.78, 5) is 21.2. The second kappa shape index (κ2) is 5.83. The fourth-order valence-electron chi connectivity index (χ4n) is 1.37. The summed E-state index contributed by atoms with van der Waals surface area (Å²) in [5.41, 5.74) is -0.136. The maximum atomic E-state index is 11.6. The summed E-state index contributed by atoms with van der Waals surface area (Å²) in [5.74, 6) is -0.781. The van der Waals surface area contributed by atoms with Crippen molar-refractivity contribution >= 4 is 21.5 Å². The van der Waals surface area contributed by atoms with E-state index in [1.807, 2.05) is 0 Å². The minimum Gasteiger partial charge on any atom is -0.458 e. The smallest absolute Gasteiger partial charge is 0.338 e. The first-order valence-corrected chi connectivity index (χ1v) is 7.32. The zero-order valence-corrected chi connectivity index (χ0v) is 11.8. The van der Waals surface area contributed by atoms with Crippen LogP contribution < -0.4 is 0 Å². The second-order valence-electron chi connectivity index (χ2n) is 4.25. The van der Waals surface area contributed by atoms with Gasteiger partial charge in [0.15, 0.2) is 9.84 Å². The predicted octanol–water partition coefficient (Wildman–Crippen LogP) is 1.73. The average Bonchev–Trinajstić information content (AvgIpc) is 2.33. The largest absolute Gasteiger partial charge is 0.458 e. The fraction of sp³-hybridized carbons (Fsp3) is 0.250. The van der Waals surface area contributed by atoms with E-state index in [9.17, 15) is 23.3 Å². The van der Waals surface area contributed by atoms with E-state index in [1.54, 1.807) is 6.92 Å². The Labute approximate surface area is 115 Å². The zero-order chi connectivity index (χ0) is 15.5. The summed E-state index contributed by atoms with van der Waals surface area (Å²) >= 11 is 0. The number of ether oxygens (including phenoxy) is 1. The lowest BCUT2D eigenvalue weighted by Gasteiger charge is -2.06. The molecule has 1 rings (SSSR count). The molecule has 0 amide bonds. The van der Waals surface area contributed by atoms with Crippen LogP contribution in [0, 0.1) is 10.1 Å². The van der Waals surface area contributed by atoms with Crippen molar-refractivity contribution in [3.63, 3.8) is 0 Å². The summed E-state index contributed by atoms with van der Waals surface area (Å²) in [7, 11) is -3.75. The number of esters is 1. The van der Waals surface area contributed by atoms with Gasteiger partial charge in [-0.05, 0) is 24.6 Å². The van der Waals surface area contributed by atoms with Gasteiger partial charge in [-0.1, -0.05) is 6.58 Å². The van der Waals surface area contributed by atoms with E-state index < -0.39 is 31.3 Å². The standard InChI is InChI=1S/C12H13NO6S/c1-8(2)7-19-12(14)9-4-5-11(20(3,17)18)10(6-9)13(15)16/h4-6H,1,7H2,2-3H3. The van der Waals surface area contributed by atoms with Crippen molar-refractivity contribution in [1.82, 2.24) is 0 Å². The Morgan fingerprint density at radius 1 is 1.45 bits per heavy atom. The maximum absolute atomic E-state index is 11.6. The van der Waals surface area contributed by atoms with E-state index in [0.717, 1.165) is 18.4 Å². The van der Waals surface area contributed by atoms with Crippen molar-refractivity contribution in [2.24, 2.45) is 0 Å². The molecule has 0 spiro atoms. The number of nitro benzene ring substituents is 1. The average molecular weight is 299 g/mol. The molecule has 0 aliphatic heterocycles. The molecule has 0 unspecified atom stereocenters. The molecule has 0 saturated carbocycles. The minimum absolute atomic E-state index is 0.0134. The molecule has 0 N–H and O–H groups in total. The molecule has 20 heavy (non-hydrogen) atoms. The molecule has 0 aromatic heterocycles. The predicted molar refractivity (Wildman–Crippen MR) is 71.3 cm³/mol. The SMILES string of the molecule is C=C(C)COC(=O)c1ccc(S(C)(=O)=O)c([N+](=O)[O-])c1. The lowest BCUT2D eigenvalue weighted by Crippen LogP contribution is -2.09. The fourth-order valence-corrected chi connectivity index (χ4v) is 2.20. The third kappa shape index (κ3) is 3.89. The molecule has 0 atom stereocenters. The summed E-state index contributed by atoms with van der Waals surface area (Å²) in [6.07, 6.45) is 0.856. The Balaban J connectivity index is 3.21. The number of nitro groups is 1. The molecule has 7 nitrogen and oxygen atoms in total. The van der Waals surface area contributed by atoms with E-state index >= 15 is 0 Å². The second-order valence-corrected chi connectivity index (χ2v) is 6.23. The maximum Gasteiger partial charge on any atom is 0.338 e. The number of hydrogen-bond donors (Lipinski definition) is 0. The summed E-state index contributed by atoms with van der Waals surface area (Å²) < 4.78 is 27.7. The van der Waals surface area contributed by atoms with Crippen LogP contribution in [0.5, 0.6) is 0 Å². The monoisotopic (exact) mass is 299 g/mol. The number of hydrogen-bond acceptors (Lipinski definition) is 6. The molecule has 1 aromatic carbocycles. The van der Waals surface area contributed by atoms with E-state index in [-0.39, 0.29) is 12.2 Å². The first-order valence-electron chi connectivity index (χ1n) is 5.43. The van der Waals surface area contributed by atoms with Crippen molar-refractivity contribution in [2.75, 3.05) is 12.9 Å². The van der Waals surface area contributed by atoms with Gasteiger partial charge < -0.3 is 4.74 Å². The van der Waals surface area contributed by atoms with Crippen molar-refractivity contribution in [1.29, 1.82) is 0 Å². The summed E-state index contributed by atoms with van der Waals surface area (Å²) in [6, 6.07) is 3.08. The van der Waals surface area contributed by atoms with Crippen molar-refractivity contribution < 1.29 is 22.9 Å².